The number of hydrogen-bond acceptors (Lipinski definition) is 4. The maximum Gasteiger partial charge on any atom is 0.223 e. The number of aliphatic imine (C=N–C) groups is 1. The van der Waals surface area contributed by atoms with Crippen molar-refractivity contribution in [3.63, 3.8) is 0 Å². The van der Waals surface area contributed by atoms with Crippen molar-refractivity contribution in [2.45, 2.75) is 26.4 Å². The summed E-state index contributed by atoms with van der Waals surface area (Å²) in [5.74, 6) is 0.189. The normalized spacial score (nSPS) is 12.5. The van der Waals surface area contributed by atoms with Gasteiger partial charge in [-0.2, -0.15) is 4.98 Å². The van der Waals surface area contributed by atoms with E-state index in [0.717, 1.165) is 6.07 Å². The van der Waals surface area contributed by atoms with Gasteiger partial charge >= 0.3 is 0 Å². The van der Waals surface area contributed by atoms with Gasteiger partial charge in [0, 0.05) is 25.6 Å². The fraction of sp³-hybridized carbons (Fsp3) is 0.357. The quantitative estimate of drug-likeness (QED) is 0.437. The maximum absolute atomic E-state index is 13.7. The van der Waals surface area contributed by atoms with Crippen molar-refractivity contribution < 1.29 is 13.3 Å². The largest absolute Gasteiger partial charge is 0.350 e. The second-order valence-electron chi connectivity index (χ2n) is 4.69. The minimum Gasteiger partial charge on any atom is -0.350 e. The third-order valence-electron chi connectivity index (χ3n) is 2.99. The highest BCUT2D eigenvalue weighted by atomic mass is 127. The lowest BCUT2D eigenvalue weighted by Gasteiger charge is -2.18. The van der Waals surface area contributed by atoms with Crippen LogP contribution in [0.15, 0.2) is 27.7 Å². The highest BCUT2D eigenvalue weighted by molar-refractivity contribution is 14.0. The number of nitrogens with one attached hydrogen (secondary N) is 2. The van der Waals surface area contributed by atoms with Crippen molar-refractivity contribution in [3.05, 3.63) is 47.1 Å². The average molecular weight is 437 g/mol. The molecule has 23 heavy (non-hydrogen) atoms. The second-order valence-corrected chi connectivity index (χ2v) is 4.69. The van der Waals surface area contributed by atoms with Gasteiger partial charge in [0.05, 0.1) is 12.6 Å². The van der Waals surface area contributed by atoms with Crippen LogP contribution in [0.5, 0.6) is 0 Å². The first kappa shape index (κ1) is 19.3. The molecule has 0 aliphatic carbocycles. The molecule has 2 N–H and O–H groups in total. The molecule has 0 spiro atoms. The van der Waals surface area contributed by atoms with E-state index in [-0.39, 0.29) is 30.0 Å². The molecular formula is C14H18F2IN5O. The van der Waals surface area contributed by atoms with Crippen molar-refractivity contribution in [2.24, 2.45) is 4.99 Å². The van der Waals surface area contributed by atoms with Gasteiger partial charge in [0.1, 0.15) is 11.6 Å². The standard InChI is InChI=1S/C14H17F2N5O.HI/c1-8(11-5-4-10(15)6-12(11)16)19-14(17-3)18-7-13-20-9(2)22-21-13;/h4-6,8H,7H2,1-3H3,(H2,17,18,19);1H. The second kappa shape index (κ2) is 8.75. The van der Waals surface area contributed by atoms with Crippen LogP contribution in [0.2, 0.25) is 0 Å². The molecule has 0 aliphatic heterocycles. The summed E-state index contributed by atoms with van der Waals surface area (Å²) in [4.78, 5) is 8.09. The molecule has 0 aliphatic rings. The summed E-state index contributed by atoms with van der Waals surface area (Å²) in [7, 11) is 1.59. The van der Waals surface area contributed by atoms with E-state index in [1.165, 1.54) is 12.1 Å². The molecule has 126 valence electrons. The Morgan fingerprint density at radius 1 is 1.39 bits per heavy atom. The van der Waals surface area contributed by atoms with Gasteiger partial charge in [-0.25, -0.2) is 8.78 Å². The molecule has 1 aromatic carbocycles. The van der Waals surface area contributed by atoms with Gasteiger partial charge in [0.2, 0.25) is 5.89 Å². The topological polar surface area (TPSA) is 75.3 Å². The Morgan fingerprint density at radius 3 is 2.70 bits per heavy atom. The first-order valence-corrected chi connectivity index (χ1v) is 6.71. The number of aromatic nitrogens is 2. The lowest BCUT2D eigenvalue weighted by molar-refractivity contribution is 0.386. The fourth-order valence-electron chi connectivity index (χ4n) is 1.91. The number of aryl methyl sites for hydroxylation is 1. The molecule has 1 atom stereocenters. The van der Waals surface area contributed by atoms with E-state index < -0.39 is 11.6 Å². The number of guanidine groups is 1. The molecular weight excluding hydrogens is 419 g/mol. The molecule has 1 aromatic heterocycles. The van der Waals surface area contributed by atoms with Gasteiger partial charge < -0.3 is 15.2 Å². The van der Waals surface area contributed by atoms with Crippen molar-refractivity contribution >= 4 is 29.9 Å². The third-order valence-corrected chi connectivity index (χ3v) is 2.99. The predicted molar refractivity (Wildman–Crippen MR) is 92.6 cm³/mol. The maximum atomic E-state index is 13.7. The Bertz CT molecular complexity index is 677. The molecule has 6 nitrogen and oxygen atoms in total. The first-order valence-electron chi connectivity index (χ1n) is 6.71. The van der Waals surface area contributed by atoms with Gasteiger partial charge in [-0.05, 0) is 13.0 Å². The minimum atomic E-state index is -0.608. The van der Waals surface area contributed by atoms with Crippen LogP contribution in [-0.2, 0) is 6.54 Å². The van der Waals surface area contributed by atoms with E-state index in [9.17, 15) is 8.78 Å². The highest BCUT2D eigenvalue weighted by Gasteiger charge is 2.13. The Balaban J connectivity index is 0.00000264. The minimum absolute atomic E-state index is 0. The number of rotatable bonds is 4. The van der Waals surface area contributed by atoms with Crippen LogP contribution in [0.3, 0.4) is 0 Å². The molecule has 0 saturated carbocycles. The number of benzene rings is 1. The zero-order valence-electron chi connectivity index (χ0n) is 12.9. The Hall–Kier alpha value is -1.78. The van der Waals surface area contributed by atoms with Crippen molar-refractivity contribution in [1.29, 1.82) is 0 Å². The van der Waals surface area contributed by atoms with Crippen molar-refractivity contribution in [1.82, 2.24) is 20.8 Å². The van der Waals surface area contributed by atoms with Crippen LogP contribution >= 0.6 is 24.0 Å². The molecule has 0 amide bonds. The van der Waals surface area contributed by atoms with E-state index >= 15 is 0 Å². The molecule has 0 radical (unpaired) electrons. The van der Waals surface area contributed by atoms with Crippen LogP contribution in [0.1, 0.15) is 30.2 Å². The lowest BCUT2D eigenvalue weighted by atomic mass is 10.1. The summed E-state index contributed by atoms with van der Waals surface area (Å²) < 4.78 is 31.5. The Labute approximate surface area is 149 Å². The summed E-state index contributed by atoms with van der Waals surface area (Å²) in [5.41, 5.74) is 0.347. The predicted octanol–water partition coefficient (Wildman–Crippen LogP) is 2.70. The van der Waals surface area contributed by atoms with Crippen LogP contribution in [0.4, 0.5) is 8.78 Å². The van der Waals surface area contributed by atoms with Crippen LogP contribution in [-0.4, -0.2) is 23.1 Å². The molecule has 0 saturated heterocycles. The molecule has 1 unspecified atom stereocenters. The zero-order chi connectivity index (χ0) is 16.1. The molecule has 2 rings (SSSR count). The summed E-state index contributed by atoms with van der Waals surface area (Å²) in [6, 6.07) is 3.08. The lowest BCUT2D eigenvalue weighted by Crippen LogP contribution is -2.38. The van der Waals surface area contributed by atoms with E-state index in [2.05, 4.69) is 25.8 Å². The van der Waals surface area contributed by atoms with E-state index in [1.807, 2.05) is 0 Å². The average Bonchev–Trinajstić information content (AvgIpc) is 2.88. The van der Waals surface area contributed by atoms with Crippen LogP contribution in [0, 0.1) is 18.6 Å². The summed E-state index contributed by atoms with van der Waals surface area (Å²) in [5, 5.41) is 9.75. The van der Waals surface area contributed by atoms with Gasteiger partial charge in [0.15, 0.2) is 11.8 Å². The monoisotopic (exact) mass is 437 g/mol. The zero-order valence-corrected chi connectivity index (χ0v) is 15.3. The summed E-state index contributed by atoms with van der Waals surface area (Å²) in [6.45, 7) is 3.76. The first-order chi connectivity index (χ1) is 10.5. The van der Waals surface area contributed by atoms with Gasteiger partial charge in [-0.1, -0.05) is 11.2 Å². The number of halogens is 3. The molecule has 2 aromatic rings. The Morgan fingerprint density at radius 2 is 2.13 bits per heavy atom. The van der Waals surface area contributed by atoms with Crippen LogP contribution < -0.4 is 10.6 Å². The van der Waals surface area contributed by atoms with Gasteiger partial charge in [-0.15, -0.1) is 24.0 Å². The van der Waals surface area contributed by atoms with Crippen LogP contribution in [0.25, 0.3) is 0 Å². The van der Waals surface area contributed by atoms with Gasteiger partial charge in [-0.3, -0.25) is 4.99 Å². The SMILES string of the molecule is CN=C(NCc1noc(C)n1)NC(C)c1ccc(F)cc1F.I. The third kappa shape index (κ3) is 5.41. The molecule has 9 heteroatoms. The summed E-state index contributed by atoms with van der Waals surface area (Å²) >= 11 is 0. The molecule has 1 heterocycles. The molecule has 0 fully saturated rings. The van der Waals surface area contributed by atoms with E-state index in [4.69, 9.17) is 4.52 Å². The molecule has 0 bridgehead atoms. The van der Waals surface area contributed by atoms with Crippen molar-refractivity contribution in [2.75, 3.05) is 7.05 Å². The Kier molecular flexibility index (Phi) is 7.33. The van der Waals surface area contributed by atoms with E-state index in [1.54, 1.807) is 20.9 Å². The fourth-order valence-corrected chi connectivity index (χ4v) is 1.91. The number of hydrogen-bond donors (Lipinski definition) is 2. The van der Waals surface area contributed by atoms with Gasteiger partial charge in [0.25, 0.3) is 0 Å². The number of nitrogens with zero attached hydrogens (tertiary/aromatic N) is 3. The van der Waals surface area contributed by atoms with Crippen molar-refractivity contribution in [3.8, 4) is 0 Å². The highest BCUT2D eigenvalue weighted by Crippen LogP contribution is 2.17. The van der Waals surface area contributed by atoms with E-state index in [0.29, 0.717) is 29.8 Å². The summed E-state index contributed by atoms with van der Waals surface area (Å²) in [6.07, 6.45) is 0. The smallest absolute Gasteiger partial charge is 0.223 e.